The maximum Gasteiger partial charge on any atom is 0.171 e. The molecule has 5 nitrogen and oxygen atoms in total. The van der Waals surface area contributed by atoms with Crippen molar-refractivity contribution in [2.75, 3.05) is 0 Å². The Morgan fingerprint density at radius 1 is 1.12 bits per heavy atom. The van der Waals surface area contributed by atoms with Crippen LogP contribution in [-0.4, -0.2) is 14.8 Å². The summed E-state index contributed by atoms with van der Waals surface area (Å²) in [6.07, 6.45) is 0. The molecular weight excluding hydrogens is 344 g/mol. The number of ether oxygens (including phenoxy) is 1. The van der Waals surface area contributed by atoms with Crippen molar-refractivity contribution in [2.45, 2.75) is 32.2 Å². The second-order valence-electron chi connectivity index (χ2n) is 5.96. The molecule has 0 spiro atoms. The maximum atomic E-state index is 8.93. The Morgan fingerprint density at radius 3 is 2.42 bits per heavy atom. The average Bonchev–Trinajstić information content (AvgIpc) is 3.10. The Kier molecular flexibility index (Phi) is 5.59. The summed E-state index contributed by atoms with van der Waals surface area (Å²) >= 11 is 4.71. The molecule has 1 aromatic heterocycles. The molecular formula is C20H20N4OS. The first kappa shape index (κ1) is 18.0. The molecule has 0 aliphatic rings. The molecule has 0 saturated carbocycles. The summed E-state index contributed by atoms with van der Waals surface area (Å²) < 4.78 is 7.85. The van der Waals surface area contributed by atoms with E-state index in [0.29, 0.717) is 12.2 Å². The van der Waals surface area contributed by atoms with Gasteiger partial charge in [0.2, 0.25) is 0 Å². The van der Waals surface area contributed by atoms with Crippen LogP contribution < -0.4 is 4.74 Å². The molecule has 0 N–H and O–H groups in total. The van der Waals surface area contributed by atoms with E-state index in [1.165, 1.54) is 5.56 Å². The normalized spacial score (nSPS) is 11.8. The van der Waals surface area contributed by atoms with E-state index in [1.54, 1.807) is 12.1 Å². The highest BCUT2D eigenvalue weighted by Crippen LogP contribution is 2.28. The molecule has 0 amide bonds. The Balaban J connectivity index is 1.78. The number of aromatic nitrogens is 3. The summed E-state index contributed by atoms with van der Waals surface area (Å²) in [5.41, 5.74) is 2.79. The third-order valence-electron chi connectivity index (χ3n) is 4.16. The standard InChI is InChI=1S/C20H20N4OS/c1-3-24-18(13-25-17-10-4-14(2)5-11-17)22-23-20(24)19(26)16-8-6-15(12-21)7-9-16/h4-11,19,26H,3,13H2,1-2H3. The van der Waals surface area contributed by atoms with Crippen molar-refractivity contribution in [1.82, 2.24) is 14.8 Å². The molecule has 6 heteroatoms. The largest absolute Gasteiger partial charge is 0.486 e. The molecule has 1 heterocycles. The molecule has 0 radical (unpaired) electrons. The number of hydrogen-bond acceptors (Lipinski definition) is 5. The van der Waals surface area contributed by atoms with Gasteiger partial charge in [-0.1, -0.05) is 29.8 Å². The van der Waals surface area contributed by atoms with Crippen LogP contribution in [0, 0.1) is 18.3 Å². The molecule has 0 saturated heterocycles. The molecule has 0 fully saturated rings. The van der Waals surface area contributed by atoms with Gasteiger partial charge in [0.05, 0.1) is 16.9 Å². The highest BCUT2D eigenvalue weighted by atomic mass is 32.1. The van der Waals surface area contributed by atoms with Crippen LogP contribution >= 0.6 is 12.6 Å². The second-order valence-corrected chi connectivity index (χ2v) is 6.47. The lowest BCUT2D eigenvalue weighted by molar-refractivity contribution is 0.289. The predicted molar refractivity (Wildman–Crippen MR) is 103 cm³/mol. The van der Waals surface area contributed by atoms with E-state index in [9.17, 15) is 0 Å². The fourth-order valence-electron chi connectivity index (χ4n) is 2.67. The lowest BCUT2D eigenvalue weighted by Crippen LogP contribution is -2.10. The number of aryl methyl sites for hydroxylation is 1. The quantitative estimate of drug-likeness (QED) is 0.670. The van der Waals surface area contributed by atoms with Crippen LogP contribution in [0.5, 0.6) is 5.75 Å². The highest BCUT2D eigenvalue weighted by Gasteiger charge is 2.19. The number of thiol groups is 1. The van der Waals surface area contributed by atoms with E-state index < -0.39 is 0 Å². The second kappa shape index (κ2) is 8.07. The van der Waals surface area contributed by atoms with Crippen molar-refractivity contribution >= 4 is 12.6 Å². The third kappa shape index (κ3) is 3.89. The molecule has 3 rings (SSSR count). The highest BCUT2D eigenvalue weighted by molar-refractivity contribution is 7.80. The molecule has 3 aromatic rings. The van der Waals surface area contributed by atoms with E-state index in [-0.39, 0.29) is 5.25 Å². The van der Waals surface area contributed by atoms with Gasteiger partial charge >= 0.3 is 0 Å². The summed E-state index contributed by atoms with van der Waals surface area (Å²) in [6, 6.07) is 17.4. The predicted octanol–water partition coefficient (Wildman–Crippen LogP) is 4.08. The number of benzene rings is 2. The van der Waals surface area contributed by atoms with E-state index in [2.05, 4.69) is 16.3 Å². The van der Waals surface area contributed by atoms with Crippen LogP contribution in [0.4, 0.5) is 0 Å². The maximum absolute atomic E-state index is 8.93. The molecule has 1 unspecified atom stereocenters. The average molecular weight is 364 g/mol. The number of rotatable bonds is 6. The van der Waals surface area contributed by atoms with E-state index in [1.807, 2.05) is 54.8 Å². The third-order valence-corrected chi connectivity index (χ3v) is 4.69. The first-order valence-corrected chi connectivity index (χ1v) is 8.93. The van der Waals surface area contributed by atoms with Gasteiger partial charge in [-0.3, -0.25) is 0 Å². The molecule has 0 aliphatic carbocycles. The zero-order chi connectivity index (χ0) is 18.5. The lowest BCUT2D eigenvalue weighted by Gasteiger charge is -2.14. The van der Waals surface area contributed by atoms with Crippen LogP contribution in [0.1, 0.15) is 40.5 Å². The minimum absolute atomic E-state index is 0.219. The molecule has 132 valence electrons. The first-order valence-electron chi connectivity index (χ1n) is 8.42. The van der Waals surface area contributed by atoms with Crippen molar-refractivity contribution < 1.29 is 4.74 Å². The van der Waals surface area contributed by atoms with Crippen LogP contribution in [0.3, 0.4) is 0 Å². The van der Waals surface area contributed by atoms with E-state index >= 15 is 0 Å². The van der Waals surface area contributed by atoms with Gasteiger partial charge < -0.3 is 9.30 Å². The smallest absolute Gasteiger partial charge is 0.171 e. The Labute approximate surface area is 158 Å². The fraction of sp³-hybridized carbons (Fsp3) is 0.250. The van der Waals surface area contributed by atoms with Gasteiger partial charge in [0, 0.05) is 6.54 Å². The zero-order valence-corrected chi connectivity index (χ0v) is 15.6. The molecule has 0 aliphatic heterocycles. The molecule has 26 heavy (non-hydrogen) atoms. The van der Waals surface area contributed by atoms with Gasteiger partial charge in [-0.25, -0.2) is 0 Å². The van der Waals surface area contributed by atoms with Gasteiger partial charge in [-0.05, 0) is 43.7 Å². The van der Waals surface area contributed by atoms with Crippen molar-refractivity contribution in [3.63, 3.8) is 0 Å². The van der Waals surface area contributed by atoms with Crippen LogP contribution in [0.2, 0.25) is 0 Å². The van der Waals surface area contributed by atoms with Gasteiger partial charge in [0.15, 0.2) is 11.6 Å². The number of nitriles is 1. The summed E-state index contributed by atoms with van der Waals surface area (Å²) in [5.74, 6) is 2.33. The summed E-state index contributed by atoms with van der Waals surface area (Å²) in [7, 11) is 0. The van der Waals surface area contributed by atoms with Crippen molar-refractivity contribution in [1.29, 1.82) is 5.26 Å². The Hall–Kier alpha value is -2.78. The molecule has 0 bridgehead atoms. The number of nitrogens with zero attached hydrogens (tertiary/aromatic N) is 4. The summed E-state index contributed by atoms with van der Waals surface area (Å²) in [6.45, 7) is 5.15. The van der Waals surface area contributed by atoms with Crippen LogP contribution in [0.25, 0.3) is 0 Å². The van der Waals surface area contributed by atoms with Gasteiger partial charge in [-0.15, -0.1) is 10.2 Å². The van der Waals surface area contributed by atoms with E-state index in [0.717, 1.165) is 29.5 Å². The van der Waals surface area contributed by atoms with Gasteiger partial charge in [0.25, 0.3) is 0 Å². The lowest BCUT2D eigenvalue weighted by atomic mass is 10.1. The first-order chi connectivity index (χ1) is 12.6. The van der Waals surface area contributed by atoms with Gasteiger partial charge in [0.1, 0.15) is 12.4 Å². The number of hydrogen-bond donors (Lipinski definition) is 1. The van der Waals surface area contributed by atoms with Gasteiger partial charge in [-0.2, -0.15) is 17.9 Å². The minimum Gasteiger partial charge on any atom is -0.486 e. The SMILES string of the molecule is CCn1c(COc2ccc(C)cc2)nnc1C(S)c1ccc(C#N)cc1. The van der Waals surface area contributed by atoms with Crippen LogP contribution in [0.15, 0.2) is 48.5 Å². The Bertz CT molecular complexity index is 910. The van der Waals surface area contributed by atoms with Crippen molar-refractivity contribution in [3.05, 3.63) is 76.9 Å². The topological polar surface area (TPSA) is 63.7 Å². The fourth-order valence-corrected chi connectivity index (χ4v) is 3.04. The van der Waals surface area contributed by atoms with E-state index in [4.69, 9.17) is 22.6 Å². The minimum atomic E-state index is -0.219. The zero-order valence-electron chi connectivity index (χ0n) is 14.8. The summed E-state index contributed by atoms with van der Waals surface area (Å²) in [4.78, 5) is 0. The van der Waals surface area contributed by atoms with Crippen molar-refractivity contribution in [2.24, 2.45) is 0 Å². The van der Waals surface area contributed by atoms with Crippen LogP contribution in [-0.2, 0) is 13.2 Å². The Morgan fingerprint density at radius 2 is 1.81 bits per heavy atom. The molecule has 2 aromatic carbocycles. The van der Waals surface area contributed by atoms with Crippen molar-refractivity contribution in [3.8, 4) is 11.8 Å². The summed E-state index contributed by atoms with van der Waals surface area (Å²) in [5, 5.41) is 17.3. The molecule has 1 atom stereocenters. The monoisotopic (exact) mass is 364 g/mol.